The Morgan fingerprint density at radius 1 is 1.00 bits per heavy atom. The molecule has 0 saturated heterocycles. The summed E-state index contributed by atoms with van der Waals surface area (Å²) in [5.74, 6) is 0. The average Bonchev–Trinajstić information content (AvgIpc) is 2.71. The van der Waals surface area contributed by atoms with Crippen LogP contribution in [-0.2, 0) is 10.0 Å². The molecule has 150 valence electrons. The number of nitro benzene ring substituents is 1. The molecule has 9 heteroatoms. The van der Waals surface area contributed by atoms with Crippen LogP contribution in [0, 0.1) is 10.1 Å². The summed E-state index contributed by atoms with van der Waals surface area (Å²) in [5, 5.41) is 29.3. The third-order valence-electron chi connectivity index (χ3n) is 4.37. The fourth-order valence-corrected chi connectivity index (χ4v) is 3.57. The van der Waals surface area contributed by atoms with E-state index < -0.39 is 21.1 Å². The molecule has 29 heavy (non-hydrogen) atoms. The number of nitro groups is 1. The number of hydrogen-bond donors (Lipinski definition) is 3. The van der Waals surface area contributed by atoms with E-state index in [1.54, 1.807) is 12.1 Å². The van der Waals surface area contributed by atoms with E-state index in [2.05, 4.69) is 5.32 Å². The van der Waals surface area contributed by atoms with Crippen LogP contribution in [0.1, 0.15) is 11.7 Å². The topological polar surface area (TPSA) is 136 Å². The minimum absolute atomic E-state index is 0.0401. The molecule has 3 aromatic carbocycles. The van der Waals surface area contributed by atoms with Gasteiger partial charge in [-0.1, -0.05) is 54.6 Å². The summed E-state index contributed by atoms with van der Waals surface area (Å²) in [6.07, 6.45) is -0.965. The highest BCUT2D eigenvalue weighted by molar-refractivity contribution is 7.89. The fourth-order valence-electron chi connectivity index (χ4n) is 2.87. The summed E-state index contributed by atoms with van der Waals surface area (Å²) in [4.78, 5) is 10.0. The summed E-state index contributed by atoms with van der Waals surface area (Å²) in [6.45, 7) is -0.0611. The van der Waals surface area contributed by atoms with E-state index in [-0.39, 0.29) is 22.8 Å². The number of nitrogens with two attached hydrogens (primary N) is 1. The Morgan fingerprint density at radius 2 is 1.62 bits per heavy atom. The van der Waals surface area contributed by atoms with Gasteiger partial charge in [0.1, 0.15) is 4.90 Å². The third kappa shape index (κ3) is 4.96. The molecule has 0 saturated carbocycles. The number of rotatable bonds is 7. The maximum absolute atomic E-state index is 11.7. The highest BCUT2D eigenvalue weighted by Crippen LogP contribution is 2.27. The van der Waals surface area contributed by atoms with Crippen molar-refractivity contribution in [3.8, 4) is 11.1 Å². The molecule has 0 amide bonds. The van der Waals surface area contributed by atoms with Gasteiger partial charge >= 0.3 is 0 Å². The molecule has 8 nitrogen and oxygen atoms in total. The lowest BCUT2D eigenvalue weighted by molar-refractivity contribution is -0.384. The quantitative estimate of drug-likeness (QED) is 0.402. The number of anilines is 1. The zero-order valence-corrected chi connectivity index (χ0v) is 16.0. The Hall–Kier alpha value is -3.27. The molecular weight excluding hydrogens is 394 g/mol. The fraction of sp³-hybridized carbons (Fsp3) is 0.100. The first kappa shape index (κ1) is 20.5. The Kier molecular flexibility index (Phi) is 5.92. The number of nitrogens with zero attached hydrogens (tertiary/aromatic N) is 1. The molecule has 3 aromatic rings. The molecule has 1 atom stereocenters. The highest BCUT2D eigenvalue weighted by Gasteiger charge is 2.19. The summed E-state index contributed by atoms with van der Waals surface area (Å²) < 4.78 is 23.5. The van der Waals surface area contributed by atoms with Crippen LogP contribution < -0.4 is 10.5 Å². The largest absolute Gasteiger partial charge is 0.387 e. The van der Waals surface area contributed by atoms with Crippen molar-refractivity contribution < 1.29 is 18.4 Å². The van der Waals surface area contributed by atoms with Crippen LogP contribution in [0.15, 0.2) is 77.7 Å². The van der Waals surface area contributed by atoms with E-state index >= 15 is 0 Å². The monoisotopic (exact) mass is 413 g/mol. The molecule has 4 N–H and O–H groups in total. The minimum atomic E-state index is -4.09. The standard InChI is InChI=1S/C20H19N3O5S/c21-29(27,28)20-11-10-17(23(25)26)12-18(20)22-13-19(24)16-8-6-15(7-9-16)14-4-2-1-3-5-14/h1-12,19,22,24H,13H2,(H2,21,27,28). The van der Waals surface area contributed by atoms with E-state index in [1.807, 2.05) is 42.5 Å². The number of aliphatic hydroxyl groups is 1. The highest BCUT2D eigenvalue weighted by atomic mass is 32.2. The normalized spacial score (nSPS) is 12.3. The van der Waals surface area contributed by atoms with Gasteiger partial charge in [-0.25, -0.2) is 13.6 Å². The average molecular weight is 413 g/mol. The Balaban J connectivity index is 1.77. The van der Waals surface area contributed by atoms with E-state index in [9.17, 15) is 23.6 Å². The van der Waals surface area contributed by atoms with E-state index in [0.29, 0.717) is 5.56 Å². The summed E-state index contributed by atoms with van der Waals surface area (Å²) in [6, 6.07) is 20.2. The zero-order valence-electron chi connectivity index (χ0n) is 15.2. The number of sulfonamides is 1. The third-order valence-corrected chi connectivity index (χ3v) is 5.34. The van der Waals surface area contributed by atoms with Gasteiger partial charge in [0.15, 0.2) is 0 Å². The van der Waals surface area contributed by atoms with Crippen molar-refractivity contribution in [2.75, 3.05) is 11.9 Å². The van der Waals surface area contributed by atoms with Gasteiger partial charge in [0.05, 0.1) is 16.7 Å². The van der Waals surface area contributed by atoms with Gasteiger partial charge in [-0.2, -0.15) is 0 Å². The number of non-ortho nitro benzene ring substituents is 1. The molecule has 0 aromatic heterocycles. The van der Waals surface area contributed by atoms with Crippen molar-refractivity contribution in [2.45, 2.75) is 11.0 Å². The summed E-state index contributed by atoms with van der Waals surface area (Å²) >= 11 is 0. The van der Waals surface area contributed by atoms with E-state index in [4.69, 9.17) is 5.14 Å². The molecule has 0 bridgehead atoms. The number of primary sulfonamides is 1. The predicted octanol–water partition coefficient (Wildman–Crippen LogP) is 3.05. The van der Waals surface area contributed by atoms with Crippen LogP contribution in [0.4, 0.5) is 11.4 Å². The van der Waals surface area contributed by atoms with Gasteiger partial charge < -0.3 is 10.4 Å². The van der Waals surface area contributed by atoms with Gasteiger partial charge in [0, 0.05) is 18.7 Å². The zero-order chi connectivity index (χ0) is 21.0. The second-order valence-electron chi connectivity index (χ2n) is 6.37. The van der Waals surface area contributed by atoms with Gasteiger partial charge in [0.25, 0.3) is 5.69 Å². The van der Waals surface area contributed by atoms with Crippen LogP contribution in [-0.4, -0.2) is 25.0 Å². The predicted molar refractivity (Wildman–Crippen MR) is 110 cm³/mol. The van der Waals surface area contributed by atoms with E-state index in [1.165, 1.54) is 0 Å². The molecule has 0 aliphatic carbocycles. The van der Waals surface area contributed by atoms with Crippen molar-refractivity contribution in [3.05, 3.63) is 88.5 Å². The Labute approximate surface area is 167 Å². The van der Waals surface area contributed by atoms with Crippen molar-refractivity contribution >= 4 is 21.4 Å². The smallest absolute Gasteiger partial charge is 0.271 e. The molecule has 0 aliphatic heterocycles. The molecule has 0 radical (unpaired) electrons. The van der Waals surface area contributed by atoms with Gasteiger partial charge in [0.2, 0.25) is 10.0 Å². The molecule has 0 aliphatic rings. The molecule has 1 unspecified atom stereocenters. The number of benzene rings is 3. The maximum Gasteiger partial charge on any atom is 0.271 e. The molecule has 0 spiro atoms. The van der Waals surface area contributed by atoms with E-state index in [0.717, 1.165) is 29.3 Å². The van der Waals surface area contributed by atoms with Crippen molar-refractivity contribution in [1.29, 1.82) is 0 Å². The van der Waals surface area contributed by atoms with Gasteiger partial charge in [-0.15, -0.1) is 0 Å². The molecule has 3 rings (SSSR count). The lowest BCUT2D eigenvalue weighted by Gasteiger charge is -2.15. The molecule has 0 fully saturated rings. The summed E-state index contributed by atoms with van der Waals surface area (Å²) in [7, 11) is -4.09. The first-order chi connectivity index (χ1) is 13.8. The van der Waals surface area contributed by atoms with Crippen LogP contribution in [0.2, 0.25) is 0 Å². The Morgan fingerprint density at radius 3 is 2.21 bits per heavy atom. The second kappa shape index (κ2) is 8.39. The number of aliphatic hydroxyl groups excluding tert-OH is 1. The van der Waals surface area contributed by atoms with Gasteiger partial charge in [-0.05, 0) is 22.8 Å². The number of hydrogen-bond acceptors (Lipinski definition) is 6. The van der Waals surface area contributed by atoms with Crippen LogP contribution in [0.3, 0.4) is 0 Å². The van der Waals surface area contributed by atoms with Crippen LogP contribution in [0.5, 0.6) is 0 Å². The molecule has 0 heterocycles. The first-order valence-electron chi connectivity index (χ1n) is 8.64. The lowest BCUT2D eigenvalue weighted by Crippen LogP contribution is -2.18. The lowest BCUT2D eigenvalue weighted by atomic mass is 10.0. The summed E-state index contributed by atoms with van der Waals surface area (Å²) in [5.41, 5.74) is 2.31. The molecular formula is C20H19N3O5S. The second-order valence-corrected chi connectivity index (χ2v) is 7.90. The number of nitrogens with one attached hydrogen (secondary N) is 1. The van der Waals surface area contributed by atoms with Crippen molar-refractivity contribution in [3.63, 3.8) is 0 Å². The van der Waals surface area contributed by atoms with Gasteiger partial charge in [-0.3, -0.25) is 10.1 Å². The first-order valence-corrected chi connectivity index (χ1v) is 10.2. The van der Waals surface area contributed by atoms with Crippen LogP contribution in [0.25, 0.3) is 11.1 Å². The van der Waals surface area contributed by atoms with Crippen molar-refractivity contribution in [1.82, 2.24) is 0 Å². The van der Waals surface area contributed by atoms with Crippen LogP contribution >= 0.6 is 0 Å². The maximum atomic E-state index is 11.7. The SMILES string of the molecule is NS(=O)(=O)c1ccc([N+](=O)[O-])cc1NCC(O)c1ccc(-c2ccccc2)cc1. The Bertz CT molecular complexity index is 1120. The minimum Gasteiger partial charge on any atom is -0.387 e. The van der Waals surface area contributed by atoms with Crippen molar-refractivity contribution in [2.24, 2.45) is 5.14 Å².